The molecule has 2 aliphatic rings. The Kier molecular flexibility index (Phi) is 5.90. The number of carbonyl (C=O) groups excluding carboxylic acids is 1. The van der Waals surface area contributed by atoms with Gasteiger partial charge in [0.2, 0.25) is 10.0 Å². The fraction of sp³-hybridized carbons (Fsp3) is 0.588. The molecule has 10 heteroatoms. The third kappa shape index (κ3) is 4.87. The fourth-order valence-electron chi connectivity index (χ4n) is 3.31. The molecule has 1 aromatic rings. The maximum atomic E-state index is 12.5. The number of ether oxygens (including phenoxy) is 1. The van der Waals surface area contributed by atoms with E-state index in [1.54, 1.807) is 0 Å². The first-order valence-corrected chi connectivity index (χ1v) is 12.3. The van der Waals surface area contributed by atoms with Crippen molar-refractivity contribution in [3.8, 4) is 0 Å². The summed E-state index contributed by atoms with van der Waals surface area (Å²) in [6.45, 7) is 1.42. The Bertz CT molecular complexity index is 890. The predicted molar refractivity (Wildman–Crippen MR) is 99.8 cm³/mol. The summed E-state index contributed by atoms with van der Waals surface area (Å²) >= 11 is 0. The first-order chi connectivity index (χ1) is 12.7. The summed E-state index contributed by atoms with van der Waals surface area (Å²) in [7, 11) is -6.85. The lowest BCUT2D eigenvalue weighted by atomic mass is 10.2. The predicted octanol–water partition coefficient (Wildman–Crippen LogP) is 0.403. The van der Waals surface area contributed by atoms with Crippen molar-refractivity contribution >= 4 is 25.8 Å². The summed E-state index contributed by atoms with van der Waals surface area (Å²) in [4.78, 5) is 14.1. The molecule has 150 valence electrons. The summed E-state index contributed by atoms with van der Waals surface area (Å²) in [6, 6.07) is 5.68. The van der Waals surface area contributed by atoms with Gasteiger partial charge < -0.3 is 9.64 Å². The molecule has 2 fully saturated rings. The van der Waals surface area contributed by atoms with E-state index in [1.807, 2.05) is 0 Å². The van der Waals surface area contributed by atoms with Crippen LogP contribution < -0.4 is 4.72 Å². The van der Waals surface area contributed by atoms with Gasteiger partial charge in [-0.1, -0.05) is 0 Å². The number of rotatable bonds is 6. The minimum absolute atomic E-state index is 0.0764. The standard InChI is InChI=1S/C17H24N2O6S2/c1-26(21,22)16-8-9-19(12-16)17(20)13-4-6-15(7-5-13)27(23,24)18-11-14-3-2-10-25-14/h4-7,14,16,18H,2-3,8-12H2,1H3/t14-,16+/m0/s1. The summed E-state index contributed by atoms with van der Waals surface area (Å²) in [6.07, 6.45) is 3.26. The number of likely N-dealkylation sites (tertiary alicyclic amines) is 1. The number of hydrogen-bond donors (Lipinski definition) is 1. The highest BCUT2D eigenvalue weighted by Gasteiger charge is 2.33. The van der Waals surface area contributed by atoms with Crippen molar-refractivity contribution in [2.45, 2.75) is 35.5 Å². The van der Waals surface area contributed by atoms with Crippen LogP contribution in [0, 0.1) is 0 Å². The molecule has 3 rings (SSSR count). The maximum Gasteiger partial charge on any atom is 0.253 e. The van der Waals surface area contributed by atoms with E-state index < -0.39 is 25.1 Å². The van der Waals surface area contributed by atoms with Crippen molar-refractivity contribution in [3.05, 3.63) is 29.8 Å². The number of carbonyl (C=O) groups is 1. The van der Waals surface area contributed by atoms with E-state index in [0.29, 0.717) is 25.1 Å². The zero-order chi connectivity index (χ0) is 19.7. The monoisotopic (exact) mass is 416 g/mol. The highest BCUT2D eigenvalue weighted by molar-refractivity contribution is 7.91. The Morgan fingerprint density at radius 1 is 1.19 bits per heavy atom. The van der Waals surface area contributed by atoms with Crippen molar-refractivity contribution in [1.82, 2.24) is 9.62 Å². The molecular formula is C17H24N2O6S2. The lowest BCUT2D eigenvalue weighted by molar-refractivity contribution is 0.0793. The number of nitrogens with one attached hydrogen (secondary N) is 1. The SMILES string of the molecule is CS(=O)(=O)[C@@H]1CCN(C(=O)c2ccc(S(=O)(=O)NC[C@@H]3CCCO3)cc2)C1. The second-order valence-corrected chi connectivity index (χ2v) is 11.1. The van der Waals surface area contributed by atoms with Crippen LogP contribution in [-0.4, -0.2) is 71.5 Å². The largest absolute Gasteiger partial charge is 0.377 e. The van der Waals surface area contributed by atoms with Crippen LogP contribution in [0.25, 0.3) is 0 Å². The molecule has 0 unspecified atom stereocenters. The van der Waals surface area contributed by atoms with Crippen LogP contribution in [-0.2, 0) is 24.6 Å². The molecule has 2 heterocycles. The van der Waals surface area contributed by atoms with E-state index >= 15 is 0 Å². The van der Waals surface area contributed by atoms with Gasteiger partial charge in [0.1, 0.15) is 0 Å². The Morgan fingerprint density at radius 2 is 1.89 bits per heavy atom. The number of hydrogen-bond acceptors (Lipinski definition) is 6. The zero-order valence-corrected chi connectivity index (χ0v) is 16.8. The number of amides is 1. The summed E-state index contributed by atoms with van der Waals surface area (Å²) in [5.74, 6) is -0.294. The summed E-state index contributed by atoms with van der Waals surface area (Å²) in [5.41, 5.74) is 0.335. The van der Waals surface area contributed by atoms with Crippen molar-refractivity contribution in [2.24, 2.45) is 0 Å². The molecule has 2 aliphatic heterocycles. The number of sulfonamides is 1. The van der Waals surface area contributed by atoms with Gasteiger partial charge in [0.15, 0.2) is 9.84 Å². The lowest BCUT2D eigenvalue weighted by Gasteiger charge is -2.16. The Hall–Kier alpha value is -1.49. The molecule has 0 saturated carbocycles. The highest BCUT2D eigenvalue weighted by Crippen LogP contribution is 2.20. The van der Waals surface area contributed by atoms with Crippen LogP contribution in [0.15, 0.2) is 29.2 Å². The molecule has 1 N–H and O–H groups in total. The lowest BCUT2D eigenvalue weighted by Crippen LogP contribution is -2.32. The van der Waals surface area contributed by atoms with E-state index in [-0.39, 0.29) is 30.0 Å². The average Bonchev–Trinajstić information content (AvgIpc) is 3.31. The van der Waals surface area contributed by atoms with E-state index in [4.69, 9.17) is 4.74 Å². The summed E-state index contributed by atoms with van der Waals surface area (Å²) < 4.78 is 55.9. The number of benzene rings is 1. The van der Waals surface area contributed by atoms with Gasteiger partial charge in [-0.3, -0.25) is 4.79 Å². The van der Waals surface area contributed by atoms with Gasteiger partial charge in [0, 0.05) is 38.1 Å². The van der Waals surface area contributed by atoms with Gasteiger partial charge >= 0.3 is 0 Å². The van der Waals surface area contributed by atoms with Crippen molar-refractivity contribution < 1.29 is 26.4 Å². The Balaban J connectivity index is 1.63. The van der Waals surface area contributed by atoms with E-state index in [0.717, 1.165) is 12.8 Å². The molecule has 0 spiro atoms. The molecule has 1 amide bonds. The van der Waals surface area contributed by atoms with Crippen molar-refractivity contribution in [1.29, 1.82) is 0 Å². The van der Waals surface area contributed by atoms with Gasteiger partial charge in [-0.25, -0.2) is 21.6 Å². The van der Waals surface area contributed by atoms with Gasteiger partial charge in [-0.05, 0) is 43.5 Å². The van der Waals surface area contributed by atoms with Gasteiger partial charge in [-0.2, -0.15) is 0 Å². The van der Waals surface area contributed by atoms with Crippen LogP contribution in [0.5, 0.6) is 0 Å². The molecular weight excluding hydrogens is 392 g/mol. The van der Waals surface area contributed by atoms with Gasteiger partial charge in [0.05, 0.1) is 16.2 Å². The normalized spacial score (nSPS) is 23.7. The molecule has 27 heavy (non-hydrogen) atoms. The van der Waals surface area contributed by atoms with Crippen LogP contribution in [0.2, 0.25) is 0 Å². The molecule has 8 nitrogen and oxygen atoms in total. The minimum Gasteiger partial charge on any atom is -0.377 e. The second-order valence-electron chi connectivity index (χ2n) is 7.00. The molecule has 2 saturated heterocycles. The Morgan fingerprint density at radius 3 is 2.44 bits per heavy atom. The third-order valence-corrected chi connectivity index (χ3v) is 8.01. The van der Waals surface area contributed by atoms with Crippen molar-refractivity contribution in [2.75, 3.05) is 32.5 Å². The minimum atomic E-state index is -3.67. The number of nitrogens with zero attached hydrogens (tertiary/aromatic N) is 1. The fourth-order valence-corrected chi connectivity index (χ4v) is 5.36. The van der Waals surface area contributed by atoms with Gasteiger partial charge in [-0.15, -0.1) is 0 Å². The second kappa shape index (κ2) is 7.86. The molecule has 1 aromatic carbocycles. The first-order valence-electron chi connectivity index (χ1n) is 8.86. The third-order valence-electron chi connectivity index (χ3n) is 4.97. The van der Waals surface area contributed by atoms with Crippen LogP contribution >= 0.6 is 0 Å². The zero-order valence-electron chi connectivity index (χ0n) is 15.1. The van der Waals surface area contributed by atoms with E-state index in [9.17, 15) is 21.6 Å². The summed E-state index contributed by atoms with van der Waals surface area (Å²) in [5, 5.41) is -0.539. The quantitative estimate of drug-likeness (QED) is 0.719. The smallest absolute Gasteiger partial charge is 0.253 e. The van der Waals surface area contributed by atoms with E-state index in [2.05, 4.69) is 4.72 Å². The van der Waals surface area contributed by atoms with Crippen LogP contribution in [0.1, 0.15) is 29.6 Å². The first kappa shape index (κ1) is 20.2. The molecule has 0 radical (unpaired) electrons. The molecule has 0 aromatic heterocycles. The van der Waals surface area contributed by atoms with E-state index in [1.165, 1.54) is 35.4 Å². The highest BCUT2D eigenvalue weighted by atomic mass is 32.2. The molecule has 2 atom stereocenters. The molecule has 0 bridgehead atoms. The Labute approximate surface area is 159 Å². The van der Waals surface area contributed by atoms with Crippen LogP contribution in [0.3, 0.4) is 0 Å². The topological polar surface area (TPSA) is 110 Å². The van der Waals surface area contributed by atoms with Gasteiger partial charge in [0.25, 0.3) is 5.91 Å². The van der Waals surface area contributed by atoms with Crippen molar-refractivity contribution in [3.63, 3.8) is 0 Å². The maximum absolute atomic E-state index is 12.5. The molecule has 0 aliphatic carbocycles. The average molecular weight is 417 g/mol. The number of sulfone groups is 1. The van der Waals surface area contributed by atoms with Crippen LogP contribution in [0.4, 0.5) is 0 Å².